The van der Waals surface area contributed by atoms with E-state index in [2.05, 4.69) is 9.83 Å². The molecule has 5 heteroatoms. The third kappa shape index (κ3) is 1.74. The van der Waals surface area contributed by atoms with Gasteiger partial charge in [0, 0.05) is 17.0 Å². The zero-order chi connectivity index (χ0) is 17.1. The van der Waals surface area contributed by atoms with Crippen LogP contribution in [-0.4, -0.2) is 17.9 Å². The maximum atomic E-state index is 13.0. The Labute approximate surface area is 138 Å². The molecule has 0 saturated heterocycles. The number of furan rings is 1. The van der Waals surface area contributed by atoms with E-state index < -0.39 is 5.41 Å². The monoisotopic (exact) mass is 318 g/mol. The van der Waals surface area contributed by atoms with Crippen LogP contribution in [0.3, 0.4) is 0 Å². The first kappa shape index (κ1) is 14.5. The van der Waals surface area contributed by atoms with Crippen LogP contribution in [0, 0.1) is 6.57 Å². The summed E-state index contributed by atoms with van der Waals surface area (Å²) in [6.45, 7) is 11.1. The molecule has 4 rings (SSSR count). The van der Waals surface area contributed by atoms with Gasteiger partial charge < -0.3 is 9.15 Å². The van der Waals surface area contributed by atoms with Gasteiger partial charge in [0.2, 0.25) is 5.88 Å². The number of hydrogen-bond donors (Lipinski definition) is 0. The van der Waals surface area contributed by atoms with Crippen LogP contribution in [-0.2, 0) is 5.41 Å². The standard InChI is InChI=1S/C19H14N2O3/c1-19(2)17-12(7-8-14(21-17)23-4)16(22)15-11-6-5-10(20-3)9-13(11)24-18(15)19/h5-9H,1-2,4H3. The number of benzene rings is 1. The predicted octanol–water partition coefficient (Wildman–Crippen LogP) is 4.26. The Balaban J connectivity index is 2.06. The molecule has 0 bridgehead atoms. The lowest BCUT2D eigenvalue weighted by molar-refractivity contribution is 0.102. The third-order valence-electron chi connectivity index (χ3n) is 4.51. The van der Waals surface area contributed by atoms with E-state index in [0.29, 0.717) is 39.7 Å². The smallest absolute Gasteiger partial charge is 0.213 e. The van der Waals surface area contributed by atoms with E-state index in [1.165, 1.54) is 0 Å². The molecule has 1 aliphatic rings. The summed E-state index contributed by atoms with van der Waals surface area (Å²) in [5.41, 5.74) is 2.22. The molecule has 0 atom stereocenters. The molecule has 0 fully saturated rings. The Kier molecular flexibility index (Phi) is 2.82. The van der Waals surface area contributed by atoms with Crippen molar-refractivity contribution in [1.82, 2.24) is 4.98 Å². The number of methoxy groups -OCH3 is 1. The van der Waals surface area contributed by atoms with Crippen LogP contribution >= 0.6 is 0 Å². The summed E-state index contributed by atoms with van der Waals surface area (Å²) >= 11 is 0. The average Bonchev–Trinajstić information content (AvgIpc) is 2.99. The number of ether oxygens (including phenoxy) is 1. The highest BCUT2D eigenvalue weighted by Gasteiger charge is 2.43. The molecule has 0 spiro atoms. The predicted molar refractivity (Wildman–Crippen MR) is 88.8 cm³/mol. The van der Waals surface area contributed by atoms with Gasteiger partial charge in [0.1, 0.15) is 11.3 Å². The maximum Gasteiger partial charge on any atom is 0.213 e. The Bertz CT molecular complexity index is 1050. The van der Waals surface area contributed by atoms with Gasteiger partial charge in [-0.15, -0.1) is 0 Å². The van der Waals surface area contributed by atoms with Crippen molar-refractivity contribution in [2.45, 2.75) is 19.3 Å². The van der Waals surface area contributed by atoms with Crippen LogP contribution in [0.1, 0.15) is 41.2 Å². The lowest BCUT2D eigenvalue weighted by atomic mass is 9.74. The Hall–Kier alpha value is -3.13. The van der Waals surface area contributed by atoms with E-state index in [1.54, 1.807) is 37.4 Å². The number of pyridine rings is 1. The van der Waals surface area contributed by atoms with E-state index in [9.17, 15) is 4.79 Å². The van der Waals surface area contributed by atoms with E-state index in [0.717, 1.165) is 5.39 Å². The number of hydrogen-bond acceptors (Lipinski definition) is 4. The molecule has 0 unspecified atom stereocenters. The molecular formula is C19H14N2O3. The molecule has 118 valence electrons. The van der Waals surface area contributed by atoms with Gasteiger partial charge in [-0.05, 0) is 26.0 Å². The molecule has 2 aromatic heterocycles. The highest BCUT2D eigenvalue weighted by molar-refractivity contribution is 6.19. The molecule has 24 heavy (non-hydrogen) atoms. The van der Waals surface area contributed by atoms with E-state index in [4.69, 9.17) is 15.7 Å². The summed E-state index contributed by atoms with van der Waals surface area (Å²) in [6, 6.07) is 8.59. The molecule has 0 saturated carbocycles. The van der Waals surface area contributed by atoms with Crippen molar-refractivity contribution in [1.29, 1.82) is 0 Å². The minimum atomic E-state index is -0.579. The average molecular weight is 318 g/mol. The van der Waals surface area contributed by atoms with Gasteiger partial charge in [0.25, 0.3) is 0 Å². The first-order valence-electron chi connectivity index (χ1n) is 7.52. The van der Waals surface area contributed by atoms with Crippen molar-refractivity contribution in [2.75, 3.05) is 7.11 Å². The second-order valence-corrected chi connectivity index (χ2v) is 6.30. The van der Waals surface area contributed by atoms with Gasteiger partial charge in [0.15, 0.2) is 11.5 Å². The molecule has 0 amide bonds. The SMILES string of the molecule is [C-]#[N+]c1ccc2c3c(oc2c1)C(C)(C)c1nc(OC)ccc1C3=O. The van der Waals surface area contributed by atoms with Gasteiger partial charge in [-0.25, -0.2) is 9.83 Å². The van der Waals surface area contributed by atoms with Gasteiger partial charge in [-0.1, -0.05) is 12.1 Å². The quantitative estimate of drug-likeness (QED) is 0.629. The minimum Gasteiger partial charge on any atom is -0.481 e. The highest BCUT2D eigenvalue weighted by atomic mass is 16.5. The van der Waals surface area contributed by atoms with Crippen molar-refractivity contribution >= 4 is 22.4 Å². The summed E-state index contributed by atoms with van der Waals surface area (Å²) < 4.78 is 11.2. The van der Waals surface area contributed by atoms with Crippen LogP contribution in [0.15, 0.2) is 34.7 Å². The fourth-order valence-corrected chi connectivity index (χ4v) is 3.28. The minimum absolute atomic E-state index is 0.108. The fraction of sp³-hybridized carbons (Fsp3) is 0.211. The van der Waals surface area contributed by atoms with Crippen LogP contribution in [0.5, 0.6) is 5.88 Å². The van der Waals surface area contributed by atoms with E-state index in [1.807, 2.05) is 13.8 Å². The lowest BCUT2D eigenvalue weighted by Crippen LogP contribution is -2.30. The topological polar surface area (TPSA) is 56.7 Å². The molecule has 0 aliphatic heterocycles. The number of aromatic nitrogens is 1. The third-order valence-corrected chi connectivity index (χ3v) is 4.51. The van der Waals surface area contributed by atoms with Crippen LogP contribution in [0.4, 0.5) is 5.69 Å². The van der Waals surface area contributed by atoms with Crippen molar-refractivity contribution < 1.29 is 13.9 Å². The molecule has 3 aromatic rings. The second kappa shape index (κ2) is 4.68. The normalized spacial score (nSPS) is 14.8. The van der Waals surface area contributed by atoms with Gasteiger partial charge in [0.05, 0.1) is 30.4 Å². The Morgan fingerprint density at radius 1 is 1.25 bits per heavy atom. The molecule has 0 N–H and O–H groups in total. The van der Waals surface area contributed by atoms with Crippen molar-refractivity contribution in [3.8, 4) is 5.88 Å². The van der Waals surface area contributed by atoms with Crippen LogP contribution < -0.4 is 4.74 Å². The number of carbonyl (C=O) groups is 1. The summed E-state index contributed by atoms with van der Waals surface area (Å²) in [4.78, 5) is 20.9. The molecule has 0 radical (unpaired) electrons. The van der Waals surface area contributed by atoms with Crippen LogP contribution in [0.2, 0.25) is 0 Å². The fourth-order valence-electron chi connectivity index (χ4n) is 3.28. The largest absolute Gasteiger partial charge is 0.481 e. The molecule has 2 heterocycles. The zero-order valence-corrected chi connectivity index (χ0v) is 13.5. The first-order chi connectivity index (χ1) is 11.5. The number of ketones is 1. The lowest BCUT2D eigenvalue weighted by Gasteiger charge is -2.29. The number of carbonyl (C=O) groups excluding carboxylic acids is 1. The Morgan fingerprint density at radius 2 is 2.04 bits per heavy atom. The zero-order valence-electron chi connectivity index (χ0n) is 13.5. The van der Waals surface area contributed by atoms with Crippen molar-refractivity contribution in [3.63, 3.8) is 0 Å². The van der Waals surface area contributed by atoms with Gasteiger partial charge in [-0.2, -0.15) is 0 Å². The van der Waals surface area contributed by atoms with Crippen LogP contribution in [0.25, 0.3) is 15.8 Å². The second-order valence-electron chi connectivity index (χ2n) is 6.30. The molecule has 5 nitrogen and oxygen atoms in total. The van der Waals surface area contributed by atoms with E-state index >= 15 is 0 Å². The number of nitrogens with zero attached hydrogens (tertiary/aromatic N) is 2. The number of fused-ring (bicyclic) bond motifs is 4. The van der Waals surface area contributed by atoms with E-state index in [-0.39, 0.29) is 5.78 Å². The maximum absolute atomic E-state index is 13.0. The summed E-state index contributed by atoms with van der Waals surface area (Å²) in [6.07, 6.45) is 0. The summed E-state index contributed by atoms with van der Waals surface area (Å²) in [5.74, 6) is 0.936. The summed E-state index contributed by atoms with van der Waals surface area (Å²) in [7, 11) is 1.55. The molecular weight excluding hydrogens is 304 g/mol. The van der Waals surface area contributed by atoms with Crippen molar-refractivity contribution in [3.05, 3.63) is 64.3 Å². The highest BCUT2D eigenvalue weighted by Crippen LogP contribution is 2.45. The van der Waals surface area contributed by atoms with Gasteiger partial charge in [-0.3, -0.25) is 4.79 Å². The first-order valence-corrected chi connectivity index (χ1v) is 7.52. The molecule has 1 aliphatic carbocycles. The number of rotatable bonds is 1. The van der Waals surface area contributed by atoms with Crippen molar-refractivity contribution in [2.24, 2.45) is 0 Å². The van der Waals surface area contributed by atoms with Gasteiger partial charge >= 0.3 is 0 Å². The Morgan fingerprint density at radius 3 is 2.75 bits per heavy atom. The summed E-state index contributed by atoms with van der Waals surface area (Å²) in [5, 5.41) is 0.733. The molecule has 1 aromatic carbocycles.